The molecule has 0 spiro atoms. The highest BCUT2D eigenvalue weighted by molar-refractivity contribution is 5.57. The van der Waals surface area contributed by atoms with Crippen LogP contribution in [0.25, 0.3) is 0 Å². The average Bonchev–Trinajstić information content (AvgIpc) is 2.85. The predicted octanol–water partition coefficient (Wildman–Crippen LogP) is 1.75. The first-order valence-corrected chi connectivity index (χ1v) is 6.56. The summed E-state index contributed by atoms with van der Waals surface area (Å²) in [7, 11) is 0. The Kier molecular flexibility index (Phi) is 4.52. The lowest BCUT2D eigenvalue weighted by molar-refractivity contribution is 0.268. The first kappa shape index (κ1) is 13.5. The van der Waals surface area contributed by atoms with Gasteiger partial charge in [-0.2, -0.15) is 0 Å². The molecule has 0 radical (unpaired) electrons. The molecule has 0 bridgehead atoms. The number of rotatable bonds is 6. The molecule has 1 aromatic heterocycles. The molecule has 1 aromatic carbocycles. The Morgan fingerprint density at radius 1 is 1.37 bits per heavy atom. The second kappa shape index (κ2) is 6.33. The minimum atomic E-state index is 0.0774. The molecule has 0 aliphatic rings. The van der Waals surface area contributed by atoms with Crippen molar-refractivity contribution in [1.29, 1.82) is 0 Å². The van der Waals surface area contributed by atoms with Crippen LogP contribution >= 0.6 is 0 Å². The van der Waals surface area contributed by atoms with E-state index >= 15 is 0 Å². The largest absolute Gasteiger partial charge is 0.394 e. The van der Waals surface area contributed by atoms with Gasteiger partial charge in [0, 0.05) is 5.69 Å². The Morgan fingerprint density at radius 3 is 2.95 bits per heavy atom. The molecule has 2 aromatic rings. The van der Waals surface area contributed by atoms with Crippen LogP contribution in [0.15, 0.2) is 24.4 Å². The normalized spacial score (nSPS) is 10.7. The molecule has 0 saturated carbocycles. The predicted molar refractivity (Wildman–Crippen MR) is 75.0 cm³/mol. The van der Waals surface area contributed by atoms with Gasteiger partial charge in [0.1, 0.15) is 5.69 Å². The van der Waals surface area contributed by atoms with E-state index in [4.69, 9.17) is 5.11 Å². The lowest BCUT2D eigenvalue weighted by Crippen LogP contribution is -2.04. The summed E-state index contributed by atoms with van der Waals surface area (Å²) >= 11 is 0. The highest BCUT2D eigenvalue weighted by Gasteiger charge is 2.05. The molecule has 5 nitrogen and oxygen atoms in total. The summed E-state index contributed by atoms with van der Waals surface area (Å²) in [5.41, 5.74) is 4.60. The Labute approximate surface area is 113 Å². The molecule has 0 fully saturated rings. The zero-order valence-electron chi connectivity index (χ0n) is 11.4. The van der Waals surface area contributed by atoms with Gasteiger partial charge in [0.25, 0.3) is 0 Å². The van der Waals surface area contributed by atoms with E-state index in [2.05, 4.69) is 47.7 Å². The minimum Gasteiger partial charge on any atom is -0.394 e. The maximum atomic E-state index is 8.84. The number of nitrogens with one attached hydrogen (secondary N) is 1. The average molecular weight is 260 g/mol. The first-order valence-electron chi connectivity index (χ1n) is 6.56. The zero-order valence-corrected chi connectivity index (χ0v) is 11.4. The van der Waals surface area contributed by atoms with Crippen molar-refractivity contribution in [1.82, 2.24) is 15.0 Å². The van der Waals surface area contributed by atoms with Gasteiger partial charge in [-0.25, -0.2) is 4.68 Å². The van der Waals surface area contributed by atoms with Crippen molar-refractivity contribution in [3.8, 4) is 0 Å². The van der Waals surface area contributed by atoms with Crippen LogP contribution in [-0.4, -0.2) is 26.7 Å². The first-order chi connectivity index (χ1) is 9.24. The molecule has 2 N–H and O–H groups in total. The molecule has 0 aliphatic carbocycles. The maximum absolute atomic E-state index is 8.84. The third-order valence-corrected chi connectivity index (χ3v) is 3.10. The fourth-order valence-electron chi connectivity index (χ4n) is 2.09. The van der Waals surface area contributed by atoms with Crippen molar-refractivity contribution in [2.75, 3.05) is 11.9 Å². The number of aryl methyl sites for hydroxylation is 2. The minimum absolute atomic E-state index is 0.0774. The summed E-state index contributed by atoms with van der Waals surface area (Å²) in [6.45, 7) is 5.45. The topological polar surface area (TPSA) is 63.0 Å². The summed E-state index contributed by atoms with van der Waals surface area (Å²) in [6, 6.07) is 6.32. The number of para-hydroxylation sites is 1. The van der Waals surface area contributed by atoms with E-state index in [9.17, 15) is 0 Å². The standard InChI is InChI=1S/C14H20N4O/c1-3-12-6-4-5-11(2)14(12)15-9-13-10-18(7-8-19)17-16-13/h4-6,10,15,19H,3,7-9H2,1-2H3. The van der Waals surface area contributed by atoms with Gasteiger partial charge in [0.2, 0.25) is 0 Å². The van der Waals surface area contributed by atoms with Gasteiger partial charge in [-0.1, -0.05) is 30.3 Å². The van der Waals surface area contributed by atoms with Crippen LogP contribution in [0.1, 0.15) is 23.7 Å². The van der Waals surface area contributed by atoms with Crippen molar-refractivity contribution in [2.45, 2.75) is 33.4 Å². The lowest BCUT2D eigenvalue weighted by atomic mass is 10.1. The van der Waals surface area contributed by atoms with Crippen LogP contribution < -0.4 is 5.32 Å². The molecule has 0 unspecified atom stereocenters. The monoisotopic (exact) mass is 260 g/mol. The molecule has 5 heteroatoms. The molecule has 102 valence electrons. The van der Waals surface area contributed by atoms with Crippen LogP contribution in [0.5, 0.6) is 0 Å². The van der Waals surface area contributed by atoms with E-state index in [-0.39, 0.29) is 6.61 Å². The third-order valence-electron chi connectivity index (χ3n) is 3.10. The SMILES string of the molecule is CCc1cccc(C)c1NCc1cn(CCO)nn1. The van der Waals surface area contributed by atoms with Crippen molar-refractivity contribution in [3.05, 3.63) is 41.2 Å². The number of aromatic nitrogens is 3. The quantitative estimate of drug-likeness (QED) is 0.830. The summed E-state index contributed by atoms with van der Waals surface area (Å²) in [5, 5.41) is 20.3. The fraction of sp³-hybridized carbons (Fsp3) is 0.429. The maximum Gasteiger partial charge on any atom is 0.102 e. The van der Waals surface area contributed by atoms with E-state index in [0.29, 0.717) is 13.1 Å². The Bertz CT molecular complexity index is 536. The van der Waals surface area contributed by atoms with Crippen LogP contribution in [-0.2, 0) is 19.5 Å². The third kappa shape index (κ3) is 3.32. The smallest absolute Gasteiger partial charge is 0.102 e. The van der Waals surface area contributed by atoms with Gasteiger partial charge in [0.05, 0.1) is 25.9 Å². The van der Waals surface area contributed by atoms with Gasteiger partial charge >= 0.3 is 0 Å². The summed E-state index contributed by atoms with van der Waals surface area (Å²) < 4.78 is 1.65. The molecule has 2 rings (SSSR count). The second-order valence-electron chi connectivity index (χ2n) is 4.51. The van der Waals surface area contributed by atoms with Gasteiger partial charge in [-0.15, -0.1) is 5.10 Å². The summed E-state index contributed by atoms with van der Waals surface area (Å²) in [5.74, 6) is 0. The van der Waals surface area contributed by atoms with Gasteiger partial charge in [-0.05, 0) is 24.5 Å². The lowest BCUT2D eigenvalue weighted by Gasteiger charge is -2.12. The molecule has 0 aliphatic heterocycles. The highest BCUT2D eigenvalue weighted by Crippen LogP contribution is 2.21. The van der Waals surface area contributed by atoms with Crippen molar-refractivity contribution >= 4 is 5.69 Å². The molecular formula is C14H20N4O. The zero-order chi connectivity index (χ0) is 13.7. The number of aliphatic hydroxyl groups excluding tert-OH is 1. The molecule has 0 saturated heterocycles. The van der Waals surface area contributed by atoms with E-state index in [1.165, 1.54) is 16.8 Å². The van der Waals surface area contributed by atoms with E-state index in [0.717, 1.165) is 12.1 Å². The molecular weight excluding hydrogens is 240 g/mol. The van der Waals surface area contributed by atoms with Crippen LogP contribution in [0.4, 0.5) is 5.69 Å². The molecule has 19 heavy (non-hydrogen) atoms. The Morgan fingerprint density at radius 2 is 2.21 bits per heavy atom. The number of nitrogens with zero attached hydrogens (tertiary/aromatic N) is 3. The van der Waals surface area contributed by atoms with Gasteiger partial charge in [0.15, 0.2) is 0 Å². The van der Waals surface area contributed by atoms with E-state index in [1.54, 1.807) is 4.68 Å². The second-order valence-corrected chi connectivity index (χ2v) is 4.51. The summed E-state index contributed by atoms with van der Waals surface area (Å²) in [4.78, 5) is 0. The van der Waals surface area contributed by atoms with Crippen molar-refractivity contribution in [3.63, 3.8) is 0 Å². The van der Waals surface area contributed by atoms with E-state index in [1.807, 2.05) is 6.20 Å². The number of benzene rings is 1. The Hall–Kier alpha value is -1.88. The molecule has 1 heterocycles. The Balaban J connectivity index is 2.05. The molecule has 0 amide bonds. The summed E-state index contributed by atoms with van der Waals surface area (Å²) in [6.07, 6.45) is 2.86. The number of aliphatic hydroxyl groups is 1. The van der Waals surface area contributed by atoms with Crippen LogP contribution in [0.3, 0.4) is 0 Å². The van der Waals surface area contributed by atoms with Gasteiger partial charge in [-0.3, -0.25) is 0 Å². The number of anilines is 1. The van der Waals surface area contributed by atoms with E-state index < -0.39 is 0 Å². The number of hydrogen-bond donors (Lipinski definition) is 2. The highest BCUT2D eigenvalue weighted by atomic mass is 16.3. The fourth-order valence-corrected chi connectivity index (χ4v) is 2.09. The van der Waals surface area contributed by atoms with Crippen molar-refractivity contribution in [2.24, 2.45) is 0 Å². The van der Waals surface area contributed by atoms with Crippen LogP contribution in [0.2, 0.25) is 0 Å². The van der Waals surface area contributed by atoms with Crippen molar-refractivity contribution < 1.29 is 5.11 Å². The molecule has 0 atom stereocenters. The van der Waals surface area contributed by atoms with Crippen LogP contribution in [0, 0.1) is 6.92 Å². The van der Waals surface area contributed by atoms with Gasteiger partial charge < -0.3 is 10.4 Å². The number of hydrogen-bond acceptors (Lipinski definition) is 4.